The van der Waals surface area contributed by atoms with Crippen molar-refractivity contribution in [3.8, 4) is 12.1 Å². The molecule has 1 aromatic rings. The minimum absolute atomic E-state index is 0.0284. The Morgan fingerprint density at radius 1 is 1.44 bits per heavy atom. The van der Waals surface area contributed by atoms with E-state index in [1.165, 1.54) is 5.56 Å². The van der Waals surface area contributed by atoms with Crippen molar-refractivity contribution >= 4 is 11.3 Å². The van der Waals surface area contributed by atoms with E-state index >= 15 is 0 Å². The lowest BCUT2D eigenvalue weighted by Crippen LogP contribution is -2.34. The Hall–Kier alpha value is -1.40. The van der Waals surface area contributed by atoms with Crippen LogP contribution in [-0.2, 0) is 0 Å². The van der Waals surface area contributed by atoms with Gasteiger partial charge >= 0.3 is 0 Å². The monoisotopic (exact) mass is 234 g/mol. The molecule has 5 heteroatoms. The Kier molecular flexibility index (Phi) is 4.94. The van der Waals surface area contributed by atoms with Crippen molar-refractivity contribution in [3.05, 3.63) is 21.9 Å². The third kappa shape index (κ3) is 2.80. The highest BCUT2D eigenvalue weighted by Gasteiger charge is 2.21. The number of nitriles is 2. The number of hydrogen-bond acceptors (Lipinski definition) is 5. The van der Waals surface area contributed by atoms with Crippen LogP contribution in [0.2, 0.25) is 0 Å². The lowest BCUT2D eigenvalue weighted by Gasteiger charge is -2.26. The average molecular weight is 234 g/mol. The Bertz CT molecular complexity index is 396. The zero-order valence-corrected chi connectivity index (χ0v) is 10.00. The van der Waals surface area contributed by atoms with Gasteiger partial charge in [-0.05, 0) is 23.9 Å². The van der Waals surface area contributed by atoms with Crippen LogP contribution in [0.1, 0.15) is 16.5 Å². The number of aryl methyl sites for hydroxylation is 1. The molecular weight excluding hydrogens is 220 g/mol. The number of nitrogens with two attached hydrogens (primary N) is 1. The quantitative estimate of drug-likeness (QED) is 0.781. The van der Waals surface area contributed by atoms with Crippen molar-refractivity contribution in [2.45, 2.75) is 13.0 Å². The van der Waals surface area contributed by atoms with Gasteiger partial charge in [-0.2, -0.15) is 10.5 Å². The second-order valence-electron chi connectivity index (χ2n) is 3.44. The molecule has 1 unspecified atom stereocenters. The summed E-state index contributed by atoms with van der Waals surface area (Å²) in [6.45, 7) is 2.90. The highest BCUT2D eigenvalue weighted by molar-refractivity contribution is 7.10. The van der Waals surface area contributed by atoms with Crippen molar-refractivity contribution < 1.29 is 0 Å². The first kappa shape index (κ1) is 12.7. The fourth-order valence-corrected chi connectivity index (χ4v) is 2.68. The van der Waals surface area contributed by atoms with Crippen LogP contribution in [0, 0.1) is 29.6 Å². The summed E-state index contributed by atoms with van der Waals surface area (Å²) in [6, 6.07) is 6.14. The SMILES string of the molecule is Cc1ccsc1C(CN)N(CC#N)CC#N. The Balaban J connectivity index is 2.92. The van der Waals surface area contributed by atoms with Crippen molar-refractivity contribution in [1.82, 2.24) is 4.90 Å². The molecule has 0 aliphatic rings. The lowest BCUT2D eigenvalue weighted by molar-refractivity contribution is 0.257. The summed E-state index contributed by atoms with van der Waals surface area (Å²) in [6.07, 6.45) is 0. The van der Waals surface area contributed by atoms with Gasteiger partial charge in [0.2, 0.25) is 0 Å². The molecule has 2 N–H and O–H groups in total. The van der Waals surface area contributed by atoms with Crippen molar-refractivity contribution in [2.75, 3.05) is 19.6 Å². The standard InChI is InChI=1S/C11H14N4S/c1-9-2-7-16-11(9)10(8-14)15(5-3-12)6-4-13/h2,7,10H,5-6,8,14H2,1H3. The van der Waals surface area contributed by atoms with Gasteiger partial charge in [0.15, 0.2) is 0 Å². The molecule has 1 atom stereocenters. The molecule has 0 bridgehead atoms. The molecule has 0 saturated carbocycles. The number of nitrogens with zero attached hydrogens (tertiary/aromatic N) is 3. The molecular formula is C11H14N4S. The summed E-state index contributed by atoms with van der Waals surface area (Å²) < 4.78 is 0. The third-order valence-corrected chi connectivity index (χ3v) is 3.54. The van der Waals surface area contributed by atoms with Crippen LogP contribution in [0.4, 0.5) is 0 Å². The van der Waals surface area contributed by atoms with Gasteiger partial charge in [0.05, 0.1) is 31.3 Å². The van der Waals surface area contributed by atoms with Crippen LogP contribution >= 0.6 is 11.3 Å². The fraction of sp³-hybridized carbons (Fsp3) is 0.455. The molecule has 0 saturated heterocycles. The summed E-state index contributed by atoms with van der Waals surface area (Å²) in [4.78, 5) is 2.95. The molecule has 0 aliphatic heterocycles. The molecule has 1 rings (SSSR count). The second-order valence-corrected chi connectivity index (χ2v) is 4.39. The predicted octanol–water partition coefficient (Wildman–Crippen LogP) is 1.41. The van der Waals surface area contributed by atoms with Crippen molar-refractivity contribution in [3.63, 3.8) is 0 Å². The van der Waals surface area contributed by atoms with E-state index in [1.807, 2.05) is 18.4 Å². The molecule has 0 fully saturated rings. The summed E-state index contributed by atoms with van der Waals surface area (Å²) in [5, 5.41) is 19.5. The van der Waals surface area contributed by atoms with Crippen LogP contribution < -0.4 is 5.73 Å². The van der Waals surface area contributed by atoms with E-state index < -0.39 is 0 Å². The maximum Gasteiger partial charge on any atom is 0.0880 e. The predicted molar refractivity (Wildman–Crippen MR) is 63.7 cm³/mol. The first-order valence-electron chi connectivity index (χ1n) is 4.96. The van der Waals surface area contributed by atoms with E-state index in [9.17, 15) is 0 Å². The van der Waals surface area contributed by atoms with E-state index in [0.717, 1.165) is 4.88 Å². The van der Waals surface area contributed by atoms with E-state index in [1.54, 1.807) is 16.2 Å². The van der Waals surface area contributed by atoms with Gasteiger partial charge < -0.3 is 5.73 Å². The van der Waals surface area contributed by atoms with Gasteiger partial charge in [0.25, 0.3) is 0 Å². The summed E-state index contributed by atoms with van der Waals surface area (Å²) in [7, 11) is 0. The van der Waals surface area contributed by atoms with Gasteiger partial charge in [-0.25, -0.2) is 0 Å². The molecule has 1 heterocycles. The van der Waals surface area contributed by atoms with E-state index in [2.05, 4.69) is 12.1 Å². The minimum Gasteiger partial charge on any atom is -0.329 e. The molecule has 0 spiro atoms. The molecule has 0 aliphatic carbocycles. The molecule has 0 aromatic carbocycles. The van der Waals surface area contributed by atoms with Gasteiger partial charge in [-0.15, -0.1) is 11.3 Å². The fourth-order valence-electron chi connectivity index (χ4n) is 1.61. The Morgan fingerprint density at radius 3 is 2.44 bits per heavy atom. The smallest absolute Gasteiger partial charge is 0.0880 e. The lowest BCUT2D eigenvalue weighted by atomic mass is 10.1. The maximum atomic E-state index is 8.74. The van der Waals surface area contributed by atoms with E-state index in [-0.39, 0.29) is 19.1 Å². The summed E-state index contributed by atoms with van der Waals surface area (Å²) in [5.74, 6) is 0. The van der Waals surface area contributed by atoms with Crippen LogP contribution in [0.3, 0.4) is 0 Å². The Labute approximate surface area is 99.5 Å². The molecule has 1 aromatic heterocycles. The van der Waals surface area contributed by atoms with Crippen molar-refractivity contribution in [1.29, 1.82) is 10.5 Å². The van der Waals surface area contributed by atoms with Crippen LogP contribution in [0.5, 0.6) is 0 Å². The summed E-state index contributed by atoms with van der Waals surface area (Å²) in [5.41, 5.74) is 6.91. The third-order valence-electron chi connectivity index (χ3n) is 2.42. The number of thiophene rings is 1. The van der Waals surface area contributed by atoms with Crippen LogP contribution in [0.15, 0.2) is 11.4 Å². The number of hydrogen-bond donors (Lipinski definition) is 1. The highest BCUT2D eigenvalue weighted by atomic mass is 32.1. The highest BCUT2D eigenvalue weighted by Crippen LogP contribution is 2.27. The Morgan fingerprint density at radius 2 is 2.06 bits per heavy atom. The van der Waals surface area contributed by atoms with Crippen LogP contribution in [-0.4, -0.2) is 24.5 Å². The van der Waals surface area contributed by atoms with Crippen molar-refractivity contribution in [2.24, 2.45) is 5.73 Å². The first-order valence-corrected chi connectivity index (χ1v) is 5.84. The van der Waals surface area contributed by atoms with E-state index in [0.29, 0.717) is 6.54 Å². The van der Waals surface area contributed by atoms with Crippen LogP contribution in [0.25, 0.3) is 0 Å². The largest absolute Gasteiger partial charge is 0.329 e. The normalized spacial score (nSPS) is 12.1. The second kappa shape index (κ2) is 6.24. The number of rotatable bonds is 5. The average Bonchev–Trinajstić information content (AvgIpc) is 2.67. The zero-order chi connectivity index (χ0) is 12.0. The molecule has 0 amide bonds. The van der Waals surface area contributed by atoms with E-state index in [4.69, 9.17) is 16.3 Å². The van der Waals surface area contributed by atoms with Gasteiger partial charge in [0.1, 0.15) is 0 Å². The minimum atomic E-state index is -0.0284. The molecule has 16 heavy (non-hydrogen) atoms. The van der Waals surface area contributed by atoms with Gasteiger partial charge in [-0.3, -0.25) is 4.90 Å². The topological polar surface area (TPSA) is 76.8 Å². The first-order chi connectivity index (χ1) is 7.74. The van der Waals surface area contributed by atoms with Gasteiger partial charge in [0, 0.05) is 11.4 Å². The van der Waals surface area contributed by atoms with Gasteiger partial charge in [-0.1, -0.05) is 0 Å². The zero-order valence-electron chi connectivity index (χ0n) is 9.18. The molecule has 84 valence electrons. The maximum absolute atomic E-state index is 8.74. The molecule has 4 nitrogen and oxygen atoms in total. The summed E-state index contributed by atoms with van der Waals surface area (Å²) >= 11 is 1.62. The molecule has 0 radical (unpaired) electrons.